The molecule has 0 saturated heterocycles. The van der Waals surface area contributed by atoms with Crippen molar-refractivity contribution in [3.63, 3.8) is 0 Å². The van der Waals surface area contributed by atoms with E-state index < -0.39 is 15.7 Å². The van der Waals surface area contributed by atoms with Gasteiger partial charge in [0, 0.05) is 5.69 Å². The van der Waals surface area contributed by atoms with Crippen LogP contribution >= 0.6 is 0 Å². The van der Waals surface area contributed by atoms with Gasteiger partial charge in [0.15, 0.2) is 9.84 Å². The molecule has 0 aliphatic rings. The Balaban J connectivity index is 2.38. The van der Waals surface area contributed by atoms with Gasteiger partial charge in [-0.15, -0.1) is 0 Å². The predicted octanol–water partition coefficient (Wildman–Crippen LogP) is 2.09. The number of aromatic nitrogens is 1. The fraction of sp³-hybridized carbons (Fsp3) is 0.154. The van der Waals surface area contributed by atoms with Gasteiger partial charge in [-0.05, 0) is 37.3 Å². The van der Waals surface area contributed by atoms with Crippen LogP contribution in [0.15, 0.2) is 41.3 Å². The Labute approximate surface area is 111 Å². The number of anilines is 1. The summed E-state index contributed by atoms with van der Waals surface area (Å²) in [6, 6.07) is 8.40. The number of sulfone groups is 1. The van der Waals surface area contributed by atoms with Crippen molar-refractivity contribution < 1.29 is 12.8 Å². The number of rotatable bonds is 3. The van der Waals surface area contributed by atoms with Crippen LogP contribution in [0.1, 0.15) is 11.4 Å². The summed E-state index contributed by atoms with van der Waals surface area (Å²) in [4.78, 5) is 4.07. The van der Waals surface area contributed by atoms with Gasteiger partial charge in [0.25, 0.3) is 0 Å². The summed E-state index contributed by atoms with van der Waals surface area (Å²) in [5.74, 6) is -0.824. The number of halogens is 1. The van der Waals surface area contributed by atoms with E-state index in [0.717, 1.165) is 17.8 Å². The Hall–Kier alpha value is -1.95. The van der Waals surface area contributed by atoms with Gasteiger partial charge in [-0.25, -0.2) is 12.8 Å². The lowest BCUT2D eigenvalue weighted by atomic mass is 10.3. The molecule has 0 aliphatic carbocycles. The molecule has 0 unspecified atom stereocenters. The molecule has 19 heavy (non-hydrogen) atoms. The molecule has 0 bridgehead atoms. The summed E-state index contributed by atoms with van der Waals surface area (Å²) in [5.41, 5.74) is 6.63. The zero-order valence-corrected chi connectivity index (χ0v) is 11.1. The van der Waals surface area contributed by atoms with Crippen molar-refractivity contribution >= 4 is 15.5 Å². The van der Waals surface area contributed by atoms with Gasteiger partial charge in [0.2, 0.25) is 0 Å². The van der Waals surface area contributed by atoms with Crippen molar-refractivity contribution in [1.82, 2.24) is 4.98 Å². The molecular weight excluding hydrogens is 267 g/mol. The third-order valence-corrected chi connectivity index (χ3v) is 4.31. The first-order chi connectivity index (χ1) is 8.88. The lowest BCUT2D eigenvalue weighted by Crippen LogP contribution is -2.09. The molecule has 0 aliphatic heterocycles. The first kappa shape index (κ1) is 13.5. The van der Waals surface area contributed by atoms with E-state index in [9.17, 15) is 12.8 Å². The molecule has 2 rings (SSSR count). The molecule has 1 heterocycles. The van der Waals surface area contributed by atoms with E-state index >= 15 is 0 Å². The minimum Gasteiger partial charge on any atom is -0.398 e. The summed E-state index contributed by atoms with van der Waals surface area (Å²) in [5, 5.41) is 0. The molecule has 4 nitrogen and oxygen atoms in total. The Kier molecular flexibility index (Phi) is 3.53. The van der Waals surface area contributed by atoms with Crippen molar-refractivity contribution in [2.75, 3.05) is 5.73 Å². The number of nitrogen functional groups attached to an aromatic ring is 1. The number of hydrogen-bond acceptors (Lipinski definition) is 4. The van der Waals surface area contributed by atoms with Crippen LogP contribution in [-0.4, -0.2) is 13.4 Å². The average molecular weight is 280 g/mol. The fourth-order valence-electron chi connectivity index (χ4n) is 1.75. The molecule has 2 N–H and O–H groups in total. The second kappa shape index (κ2) is 4.97. The minimum atomic E-state index is -3.63. The number of nitrogens with zero attached hydrogens (tertiary/aromatic N) is 1. The number of benzene rings is 1. The van der Waals surface area contributed by atoms with Crippen LogP contribution in [0.2, 0.25) is 0 Å². The van der Waals surface area contributed by atoms with Crippen molar-refractivity contribution in [2.45, 2.75) is 17.6 Å². The second-order valence-corrected chi connectivity index (χ2v) is 6.17. The van der Waals surface area contributed by atoms with Crippen LogP contribution in [0.3, 0.4) is 0 Å². The van der Waals surface area contributed by atoms with Crippen LogP contribution in [0.25, 0.3) is 0 Å². The van der Waals surface area contributed by atoms with Gasteiger partial charge >= 0.3 is 0 Å². The SMILES string of the molecule is Cc1cccc(CS(=O)(=O)c2ccc(F)cc2N)n1. The van der Waals surface area contributed by atoms with Gasteiger partial charge in [-0.3, -0.25) is 4.98 Å². The second-order valence-electron chi connectivity index (χ2n) is 4.21. The fourth-order valence-corrected chi connectivity index (χ4v) is 3.15. The third kappa shape index (κ3) is 3.08. The van der Waals surface area contributed by atoms with E-state index in [4.69, 9.17) is 5.73 Å². The summed E-state index contributed by atoms with van der Waals surface area (Å²) in [6.07, 6.45) is 0. The van der Waals surface area contributed by atoms with Crippen LogP contribution in [-0.2, 0) is 15.6 Å². The standard InChI is InChI=1S/C13H13FN2O2S/c1-9-3-2-4-11(16-9)8-19(17,18)13-6-5-10(14)7-12(13)15/h2-7H,8,15H2,1H3. The lowest BCUT2D eigenvalue weighted by molar-refractivity contribution is 0.594. The third-order valence-electron chi connectivity index (χ3n) is 2.59. The Bertz CT molecular complexity index is 714. The molecule has 0 atom stereocenters. The van der Waals surface area contributed by atoms with Crippen molar-refractivity contribution in [3.05, 3.63) is 53.6 Å². The highest BCUT2D eigenvalue weighted by atomic mass is 32.2. The number of aryl methyl sites for hydroxylation is 1. The smallest absolute Gasteiger partial charge is 0.186 e. The van der Waals surface area contributed by atoms with E-state index in [1.165, 1.54) is 6.07 Å². The highest BCUT2D eigenvalue weighted by Crippen LogP contribution is 2.22. The van der Waals surface area contributed by atoms with Crippen LogP contribution in [0.5, 0.6) is 0 Å². The molecule has 0 spiro atoms. The normalized spacial score (nSPS) is 11.5. The Morgan fingerprint density at radius 2 is 2.00 bits per heavy atom. The number of nitrogens with two attached hydrogens (primary N) is 1. The van der Waals surface area contributed by atoms with Crippen molar-refractivity contribution in [3.8, 4) is 0 Å². The molecule has 100 valence electrons. The van der Waals surface area contributed by atoms with E-state index in [-0.39, 0.29) is 16.3 Å². The maximum atomic E-state index is 12.9. The Morgan fingerprint density at radius 1 is 1.26 bits per heavy atom. The molecule has 0 radical (unpaired) electrons. The number of hydrogen-bond donors (Lipinski definition) is 1. The van der Waals surface area contributed by atoms with Gasteiger partial charge in [-0.1, -0.05) is 6.07 Å². The molecular formula is C13H13FN2O2S. The van der Waals surface area contributed by atoms with Crippen molar-refractivity contribution in [2.24, 2.45) is 0 Å². The topological polar surface area (TPSA) is 73.0 Å². The number of pyridine rings is 1. The molecule has 0 amide bonds. The highest BCUT2D eigenvalue weighted by Gasteiger charge is 2.19. The molecule has 0 saturated carbocycles. The largest absolute Gasteiger partial charge is 0.398 e. The quantitative estimate of drug-likeness (QED) is 0.690. The van der Waals surface area contributed by atoms with Gasteiger partial charge in [-0.2, -0.15) is 0 Å². The average Bonchev–Trinajstić information content (AvgIpc) is 2.27. The van der Waals surface area contributed by atoms with E-state index in [1.54, 1.807) is 25.1 Å². The summed E-state index contributed by atoms with van der Waals surface area (Å²) in [6.45, 7) is 1.78. The molecule has 6 heteroatoms. The zero-order chi connectivity index (χ0) is 14.0. The predicted molar refractivity (Wildman–Crippen MR) is 70.7 cm³/mol. The first-order valence-electron chi connectivity index (χ1n) is 5.59. The van der Waals surface area contributed by atoms with E-state index in [0.29, 0.717) is 5.69 Å². The molecule has 0 fully saturated rings. The Morgan fingerprint density at radius 3 is 2.63 bits per heavy atom. The summed E-state index contributed by atoms with van der Waals surface area (Å²) in [7, 11) is -3.63. The van der Waals surface area contributed by atoms with Gasteiger partial charge in [0.05, 0.1) is 22.0 Å². The van der Waals surface area contributed by atoms with E-state index in [2.05, 4.69) is 4.98 Å². The van der Waals surface area contributed by atoms with Gasteiger partial charge in [0.1, 0.15) is 5.82 Å². The molecule has 1 aromatic carbocycles. The summed E-state index contributed by atoms with van der Waals surface area (Å²) < 4.78 is 37.3. The zero-order valence-electron chi connectivity index (χ0n) is 10.3. The maximum Gasteiger partial charge on any atom is 0.186 e. The minimum absolute atomic E-state index is 0.0720. The van der Waals surface area contributed by atoms with Crippen LogP contribution < -0.4 is 5.73 Å². The maximum absolute atomic E-state index is 12.9. The first-order valence-corrected chi connectivity index (χ1v) is 7.24. The van der Waals surface area contributed by atoms with Gasteiger partial charge < -0.3 is 5.73 Å². The lowest BCUT2D eigenvalue weighted by Gasteiger charge is -2.07. The van der Waals surface area contributed by atoms with Crippen molar-refractivity contribution in [1.29, 1.82) is 0 Å². The summed E-state index contributed by atoms with van der Waals surface area (Å²) >= 11 is 0. The molecule has 1 aromatic heterocycles. The highest BCUT2D eigenvalue weighted by molar-refractivity contribution is 7.90. The van der Waals surface area contributed by atoms with Crippen LogP contribution in [0, 0.1) is 12.7 Å². The van der Waals surface area contributed by atoms with E-state index in [1.807, 2.05) is 0 Å². The molecule has 2 aromatic rings. The monoisotopic (exact) mass is 280 g/mol. The van der Waals surface area contributed by atoms with Crippen LogP contribution in [0.4, 0.5) is 10.1 Å².